The number of nitrogens with one attached hydrogen (secondary N) is 2. The third-order valence-electron chi connectivity index (χ3n) is 4.53. The summed E-state index contributed by atoms with van der Waals surface area (Å²) in [4.78, 5) is 12.3. The molecule has 0 radical (unpaired) electrons. The Hall–Kier alpha value is -0.570. The Morgan fingerprint density at radius 3 is 2.26 bits per heavy atom. The summed E-state index contributed by atoms with van der Waals surface area (Å²) in [6, 6.07) is 0.386. The van der Waals surface area contributed by atoms with Crippen LogP contribution in [-0.4, -0.2) is 24.5 Å². The highest BCUT2D eigenvalue weighted by atomic mass is 16.2. The summed E-state index contributed by atoms with van der Waals surface area (Å²) in [7, 11) is 0. The second-order valence-corrected chi connectivity index (χ2v) is 8.12. The third kappa shape index (κ3) is 4.20. The fraction of sp³-hybridized carbons (Fsp3) is 0.938. The third-order valence-corrected chi connectivity index (χ3v) is 4.53. The van der Waals surface area contributed by atoms with Gasteiger partial charge in [0.05, 0.1) is 6.04 Å². The van der Waals surface area contributed by atoms with E-state index in [1.165, 1.54) is 19.3 Å². The van der Waals surface area contributed by atoms with E-state index < -0.39 is 0 Å². The summed E-state index contributed by atoms with van der Waals surface area (Å²) >= 11 is 0. The van der Waals surface area contributed by atoms with Crippen LogP contribution >= 0.6 is 0 Å². The maximum Gasteiger partial charge on any atom is 0.237 e. The number of piperidine rings is 1. The van der Waals surface area contributed by atoms with Gasteiger partial charge in [0.25, 0.3) is 0 Å². The van der Waals surface area contributed by atoms with Crippen molar-refractivity contribution in [2.24, 2.45) is 10.8 Å². The van der Waals surface area contributed by atoms with Gasteiger partial charge in [-0.3, -0.25) is 4.79 Å². The van der Waals surface area contributed by atoms with E-state index >= 15 is 0 Å². The average molecular weight is 266 g/mol. The maximum absolute atomic E-state index is 12.3. The number of rotatable bonds is 2. The first-order valence-electron chi connectivity index (χ1n) is 7.81. The monoisotopic (exact) mass is 266 g/mol. The van der Waals surface area contributed by atoms with Crippen LogP contribution in [0.25, 0.3) is 0 Å². The van der Waals surface area contributed by atoms with Crippen LogP contribution in [0.1, 0.15) is 66.2 Å². The molecular formula is C16H30N2O. The zero-order valence-electron chi connectivity index (χ0n) is 13.0. The number of amides is 1. The summed E-state index contributed by atoms with van der Waals surface area (Å²) in [5, 5.41) is 6.64. The van der Waals surface area contributed by atoms with Crippen LogP contribution in [0.4, 0.5) is 0 Å². The van der Waals surface area contributed by atoms with E-state index in [0.717, 1.165) is 25.8 Å². The van der Waals surface area contributed by atoms with Crippen LogP contribution < -0.4 is 10.6 Å². The molecule has 2 rings (SSSR count). The van der Waals surface area contributed by atoms with Gasteiger partial charge in [0, 0.05) is 6.04 Å². The van der Waals surface area contributed by atoms with Crippen molar-refractivity contribution in [3.63, 3.8) is 0 Å². The topological polar surface area (TPSA) is 41.1 Å². The molecule has 1 saturated heterocycles. The van der Waals surface area contributed by atoms with Crippen LogP contribution in [0, 0.1) is 10.8 Å². The summed E-state index contributed by atoms with van der Waals surface area (Å²) in [5.74, 6) is 0.221. The summed E-state index contributed by atoms with van der Waals surface area (Å²) in [6.45, 7) is 10.3. The number of hydrogen-bond acceptors (Lipinski definition) is 2. The molecule has 0 spiro atoms. The molecule has 0 aromatic rings. The highest BCUT2D eigenvalue weighted by Crippen LogP contribution is 2.45. The van der Waals surface area contributed by atoms with E-state index in [4.69, 9.17) is 0 Å². The van der Waals surface area contributed by atoms with Crippen LogP contribution in [0.3, 0.4) is 0 Å². The highest BCUT2D eigenvalue weighted by molar-refractivity contribution is 5.82. The molecule has 2 aliphatic rings. The van der Waals surface area contributed by atoms with Gasteiger partial charge in [-0.1, -0.05) is 34.1 Å². The summed E-state index contributed by atoms with van der Waals surface area (Å²) < 4.78 is 0. The van der Waals surface area contributed by atoms with Crippen LogP contribution in [0.2, 0.25) is 0 Å². The predicted octanol–water partition coefficient (Wildman–Crippen LogP) is 2.85. The van der Waals surface area contributed by atoms with E-state index in [1.807, 2.05) is 0 Å². The van der Waals surface area contributed by atoms with Crippen molar-refractivity contribution in [1.29, 1.82) is 0 Å². The second-order valence-electron chi connectivity index (χ2n) is 8.12. The normalized spacial score (nSPS) is 30.8. The minimum Gasteiger partial charge on any atom is -0.352 e. The molecule has 1 heterocycles. The SMILES string of the molecule is CC1(C)CC(NC(=O)[C@@H]2CCCCN2)CC(C)(C)C1. The van der Waals surface area contributed by atoms with E-state index in [0.29, 0.717) is 16.9 Å². The average Bonchev–Trinajstić information content (AvgIpc) is 2.25. The van der Waals surface area contributed by atoms with Gasteiger partial charge >= 0.3 is 0 Å². The molecule has 0 aromatic heterocycles. The second kappa shape index (κ2) is 5.43. The van der Waals surface area contributed by atoms with Crippen LogP contribution in [-0.2, 0) is 4.79 Å². The minimum atomic E-state index is 0.0434. The Bertz CT molecular complexity index is 314. The van der Waals surface area contributed by atoms with E-state index in [2.05, 4.69) is 38.3 Å². The molecule has 0 bridgehead atoms. The van der Waals surface area contributed by atoms with Gasteiger partial charge in [0.15, 0.2) is 0 Å². The summed E-state index contributed by atoms with van der Waals surface area (Å²) in [5.41, 5.74) is 0.666. The van der Waals surface area contributed by atoms with Gasteiger partial charge < -0.3 is 10.6 Å². The molecule has 0 aromatic carbocycles. The van der Waals surface area contributed by atoms with Crippen molar-refractivity contribution in [3.8, 4) is 0 Å². The molecule has 3 heteroatoms. The standard InChI is InChI=1S/C16H30N2O/c1-15(2)9-12(10-16(3,4)11-15)18-14(19)13-7-5-6-8-17-13/h12-13,17H,5-11H2,1-4H3,(H,18,19)/t13-/m0/s1. The first-order valence-corrected chi connectivity index (χ1v) is 7.81. The molecular weight excluding hydrogens is 236 g/mol. The van der Waals surface area contributed by atoms with Gasteiger partial charge in [0.2, 0.25) is 5.91 Å². The quantitative estimate of drug-likeness (QED) is 0.807. The van der Waals surface area contributed by atoms with Crippen molar-refractivity contribution in [3.05, 3.63) is 0 Å². The van der Waals surface area contributed by atoms with Crippen molar-refractivity contribution >= 4 is 5.91 Å². The lowest BCUT2D eigenvalue weighted by Gasteiger charge is -2.45. The molecule has 2 N–H and O–H groups in total. The van der Waals surface area contributed by atoms with E-state index in [1.54, 1.807) is 0 Å². The Morgan fingerprint density at radius 2 is 1.74 bits per heavy atom. The van der Waals surface area contributed by atoms with Crippen molar-refractivity contribution in [1.82, 2.24) is 10.6 Å². The van der Waals surface area contributed by atoms with Crippen molar-refractivity contribution < 1.29 is 4.79 Å². The molecule has 110 valence electrons. The lowest BCUT2D eigenvalue weighted by molar-refractivity contribution is -0.125. The number of carbonyl (C=O) groups is 1. The molecule has 1 aliphatic carbocycles. The maximum atomic E-state index is 12.3. The van der Waals surface area contributed by atoms with E-state index in [9.17, 15) is 4.79 Å². The Balaban J connectivity index is 1.92. The Morgan fingerprint density at radius 1 is 1.11 bits per heavy atom. The lowest BCUT2D eigenvalue weighted by Crippen LogP contribution is -2.52. The molecule has 1 atom stereocenters. The van der Waals surface area contributed by atoms with Gasteiger partial charge in [-0.05, 0) is 49.5 Å². The van der Waals surface area contributed by atoms with Crippen LogP contribution in [0.5, 0.6) is 0 Å². The first-order chi connectivity index (χ1) is 8.77. The molecule has 19 heavy (non-hydrogen) atoms. The lowest BCUT2D eigenvalue weighted by atomic mass is 9.63. The smallest absolute Gasteiger partial charge is 0.237 e. The molecule has 1 saturated carbocycles. The van der Waals surface area contributed by atoms with Crippen molar-refractivity contribution in [2.75, 3.05) is 6.54 Å². The zero-order chi connectivity index (χ0) is 14.1. The van der Waals surface area contributed by atoms with Gasteiger partial charge in [-0.15, -0.1) is 0 Å². The van der Waals surface area contributed by atoms with Gasteiger partial charge in [-0.25, -0.2) is 0 Å². The number of carbonyl (C=O) groups excluding carboxylic acids is 1. The largest absolute Gasteiger partial charge is 0.352 e. The van der Waals surface area contributed by atoms with Gasteiger partial charge in [-0.2, -0.15) is 0 Å². The highest BCUT2D eigenvalue weighted by Gasteiger charge is 2.39. The number of hydrogen-bond donors (Lipinski definition) is 2. The zero-order valence-corrected chi connectivity index (χ0v) is 13.0. The molecule has 2 fully saturated rings. The first kappa shape index (κ1) is 14.8. The Kier molecular flexibility index (Phi) is 4.24. The summed E-state index contributed by atoms with van der Waals surface area (Å²) in [6.07, 6.45) is 6.82. The minimum absolute atomic E-state index is 0.0434. The molecule has 1 aliphatic heterocycles. The van der Waals surface area contributed by atoms with Crippen molar-refractivity contribution in [2.45, 2.75) is 78.3 Å². The predicted molar refractivity (Wildman–Crippen MR) is 79.0 cm³/mol. The fourth-order valence-electron chi connectivity index (χ4n) is 4.33. The molecule has 0 unspecified atom stereocenters. The van der Waals surface area contributed by atoms with Crippen LogP contribution in [0.15, 0.2) is 0 Å². The molecule has 3 nitrogen and oxygen atoms in total. The Labute approximate surface area is 117 Å². The fourth-order valence-corrected chi connectivity index (χ4v) is 4.33. The van der Waals surface area contributed by atoms with E-state index in [-0.39, 0.29) is 11.9 Å². The molecule has 1 amide bonds. The van der Waals surface area contributed by atoms with Gasteiger partial charge in [0.1, 0.15) is 0 Å².